The minimum Gasteiger partial charge on any atom is -0.494 e. The first kappa shape index (κ1) is 20.3. The van der Waals surface area contributed by atoms with Gasteiger partial charge in [-0.05, 0) is 43.4 Å². The van der Waals surface area contributed by atoms with Crippen LogP contribution < -0.4 is 4.74 Å². The fraction of sp³-hybridized carbons (Fsp3) is 0.391. The Hall–Kier alpha value is -2.96. The number of ether oxygens (including phenoxy) is 2. The maximum Gasteiger partial charge on any atom is 0.410 e. The van der Waals surface area contributed by atoms with E-state index in [1.165, 1.54) is 19.2 Å². The SMILES string of the molecule is COc1ccc(C(=O)C2CC3CCC(C2)N3C(=O)OCc2ccccc2)c(F)c1F. The van der Waals surface area contributed by atoms with E-state index in [0.29, 0.717) is 12.8 Å². The van der Waals surface area contributed by atoms with Crippen LogP contribution in [0.2, 0.25) is 0 Å². The van der Waals surface area contributed by atoms with Crippen LogP contribution in [0.3, 0.4) is 0 Å². The van der Waals surface area contributed by atoms with Crippen molar-refractivity contribution in [2.24, 2.45) is 5.92 Å². The largest absolute Gasteiger partial charge is 0.494 e. The molecule has 2 heterocycles. The molecule has 2 aliphatic heterocycles. The second-order valence-corrected chi connectivity index (χ2v) is 7.81. The Morgan fingerprint density at radius 3 is 2.30 bits per heavy atom. The fourth-order valence-corrected chi connectivity index (χ4v) is 4.58. The summed E-state index contributed by atoms with van der Waals surface area (Å²) in [6.45, 7) is 0.189. The lowest BCUT2D eigenvalue weighted by Gasteiger charge is -2.37. The third kappa shape index (κ3) is 3.76. The molecule has 2 aromatic rings. The highest BCUT2D eigenvalue weighted by atomic mass is 19.2. The Balaban J connectivity index is 1.43. The smallest absolute Gasteiger partial charge is 0.410 e. The van der Waals surface area contributed by atoms with E-state index >= 15 is 0 Å². The molecule has 0 aliphatic carbocycles. The van der Waals surface area contributed by atoms with Gasteiger partial charge < -0.3 is 14.4 Å². The van der Waals surface area contributed by atoms with Crippen LogP contribution in [-0.2, 0) is 11.3 Å². The number of rotatable bonds is 5. The lowest BCUT2D eigenvalue weighted by molar-refractivity contribution is 0.0483. The fourth-order valence-electron chi connectivity index (χ4n) is 4.58. The van der Waals surface area contributed by atoms with Crippen LogP contribution in [0.1, 0.15) is 41.6 Å². The normalized spacial score (nSPS) is 22.6. The zero-order chi connectivity index (χ0) is 21.3. The molecule has 0 spiro atoms. The van der Waals surface area contributed by atoms with Crippen molar-refractivity contribution in [1.29, 1.82) is 0 Å². The number of Topliss-reactive ketones (excluding diaryl/α,β-unsaturated/α-hetero) is 1. The van der Waals surface area contributed by atoms with Crippen LogP contribution in [0.5, 0.6) is 5.75 Å². The van der Waals surface area contributed by atoms with E-state index in [0.717, 1.165) is 18.4 Å². The van der Waals surface area contributed by atoms with E-state index < -0.39 is 23.3 Å². The predicted molar refractivity (Wildman–Crippen MR) is 105 cm³/mol. The van der Waals surface area contributed by atoms with Crippen LogP contribution >= 0.6 is 0 Å². The van der Waals surface area contributed by atoms with Gasteiger partial charge >= 0.3 is 6.09 Å². The van der Waals surface area contributed by atoms with Crippen LogP contribution in [0.25, 0.3) is 0 Å². The summed E-state index contributed by atoms with van der Waals surface area (Å²) in [6.07, 6.45) is 1.99. The van der Waals surface area contributed by atoms with Gasteiger partial charge in [0, 0.05) is 18.0 Å². The molecule has 2 bridgehead atoms. The number of carbonyl (C=O) groups excluding carboxylic acids is 2. The molecule has 158 valence electrons. The van der Waals surface area contributed by atoms with Gasteiger partial charge in [-0.3, -0.25) is 4.79 Å². The minimum absolute atomic E-state index is 0.132. The summed E-state index contributed by atoms with van der Waals surface area (Å²) in [6, 6.07) is 11.7. The molecule has 4 rings (SSSR count). The molecule has 0 N–H and O–H groups in total. The molecule has 0 radical (unpaired) electrons. The van der Waals surface area contributed by atoms with E-state index in [9.17, 15) is 18.4 Å². The molecule has 5 nitrogen and oxygen atoms in total. The quantitative estimate of drug-likeness (QED) is 0.662. The van der Waals surface area contributed by atoms with Crippen molar-refractivity contribution in [3.05, 3.63) is 65.2 Å². The second kappa shape index (κ2) is 8.42. The highest BCUT2D eigenvalue weighted by Crippen LogP contribution is 2.41. The summed E-state index contributed by atoms with van der Waals surface area (Å²) in [5.41, 5.74) is 0.637. The molecular weight excluding hydrogens is 392 g/mol. The third-order valence-electron chi connectivity index (χ3n) is 6.05. The highest BCUT2D eigenvalue weighted by Gasteiger charge is 2.46. The Bertz CT molecular complexity index is 936. The van der Waals surface area contributed by atoms with Gasteiger partial charge in [-0.1, -0.05) is 30.3 Å². The number of methoxy groups -OCH3 is 1. The Morgan fingerprint density at radius 2 is 1.67 bits per heavy atom. The summed E-state index contributed by atoms with van der Waals surface area (Å²) in [4.78, 5) is 27.3. The molecule has 0 aromatic heterocycles. The zero-order valence-electron chi connectivity index (χ0n) is 16.6. The number of ketones is 1. The van der Waals surface area contributed by atoms with E-state index in [1.54, 1.807) is 4.90 Å². The number of amides is 1. The molecule has 7 heteroatoms. The van der Waals surface area contributed by atoms with E-state index in [-0.39, 0.29) is 36.1 Å². The first-order chi connectivity index (χ1) is 14.5. The first-order valence-corrected chi connectivity index (χ1v) is 10.0. The average molecular weight is 415 g/mol. The average Bonchev–Trinajstić information content (AvgIpc) is 3.03. The number of fused-ring (bicyclic) bond motifs is 2. The first-order valence-electron chi connectivity index (χ1n) is 10.0. The van der Waals surface area contributed by atoms with Gasteiger partial charge in [-0.2, -0.15) is 4.39 Å². The summed E-state index contributed by atoms with van der Waals surface area (Å²) >= 11 is 0. The van der Waals surface area contributed by atoms with Gasteiger partial charge in [0.15, 0.2) is 17.3 Å². The molecule has 30 heavy (non-hydrogen) atoms. The van der Waals surface area contributed by atoms with E-state index in [1.807, 2.05) is 30.3 Å². The predicted octanol–water partition coefficient (Wildman–Crippen LogP) is 4.74. The van der Waals surface area contributed by atoms with Crippen LogP contribution in [0.15, 0.2) is 42.5 Å². The van der Waals surface area contributed by atoms with Crippen molar-refractivity contribution in [3.63, 3.8) is 0 Å². The summed E-state index contributed by atoms with van der Waals surface area (Å²) in [5.74, 6) is -3.46. The topological polar surface area (TPSA) is 55.8 Å². The molecular formula is C23H23F2NO4. The number of hydrogen-bond acceptors (Lipinski definition) is 4. The summed E-state index contributed by atoms with van der Waals surface area (Å²) < 4.78 is 38.6. The number of halogens is 2. The zero-order valence-corrected chi connectivity index (χ0v) is 16.6. The number of carbonyl (C=O) groups is 2. The number of benzene rings is 2. The van der Waals surface area contributed by atoms with Gasteiger partial charge in [0.05, 0.1) is 12.7 Å². The lowest BCUT2D eigenvalue weighted by Crippen LogP contribution is -2.48. The summed E-state index contributed by atoms with van der Waals surface area (Å²) in [5, 5.41) is 0. The third-order valence-corrected chi connectivity index (χ3v) is 6.05. The van der Waals surface area contributed by atoms with Gasteiger partial charge in [-0.15, -0.1) is 0 Å². The van der Waals surface area contributed by atoms with Crippen molar-refractivity contribution < 1.29 is 27.8 Å². The number of hydrogen-bond donors (Lipinski definition) is 0. The van der Waals surface area contributed by atoms with Crippen molar-refractivity contribution in [2.75, 3.05) is 7.11 Å². The highest BCUT2D eigenvalue weighted by molar-refractivity contribution is 5.98. The molecule has 2 unspecified atom stereocenters. The van der Waals surface area contributed by atoms with Crippen molar-refractivity contribution in [1.82, 2.24) is 4.90 Å². The monoisotopic (exact) mass is 415 g/mol. The molecule has 2 saturated heterocycles. The van der Waals surface area contributed by atoms with Crippen molar-refractivity contribution in [3.8, 4) is 5.75 Å². The van der Waals surface area contributed by atoms with Crippen LogP contribution in [-0.4, -0.2) is 36.0 Å². The van der Waals surface area contributed by atoms with Crippen LogP contribution in [0, 0.1) is 17.6 Å². The van der Waals surface area contributed by atoms with Gasteiger partial charge in [0.2, 0.25) is 5.82 Å². The molecule has 1 amide bonds. The standard InChI is InChI=1S/C23H23F2NO4/c1-29-19-10-9-18(20(24)21(19)25)22(27)15-11-16-7-8-17(12-15)26(16)23(28)30-13-14-5-3-2-4-6-14/h2-6,9-10,15-17H,7-8,11-13H2,1H3. The number of nitrogens with zero attached hydrogens (tertiary/aromatic N) is 1. The van der Waals surface area contributed by atoms with E-state index in [2.05, 4.69) is 0 Å². The molecule has 2 fully saturated rings. The molecule has 2 aromatic carbocycles. The van der Waals surface area contributed by atoms with Gasteiger partial charge in [0.25, 0.3) is 0 Å². The Labute approximate surface area is 173 Å². The molecule has 2 atom stereocenters. The van der Waals surface area contributed by atoms with Crippen molar-refractivity contribution >= 4 is 11.9 Å². The van der Waals surface area contributed by atoms with Crippen molar-refractivity contribution in [2.45, 2.75) is 44.4 Å². The minimum atomic E-state index is -1.18. The second-order valence-electron chi connectivity index (χ2n) is 7.81. The maximum atomic E-state index is 14.4. The Kier molecular flexibility index (Phi) is 5.70. The summed E-state index contributed by atoms with van der Waals surface area (Å²) in [7, 11) is 1.24. The Morgan fingerprint density at radius 1 is 1.00 bits per heavy atom. The molecule has 0 saturated carbocycles. The van der Waals surface area contributed by atoms with Gasteiger partial charge in [0.1, 0.15) is 6.61 Å². The van der Waals surface area contributed by atoms with Gasteiger partial charge in [-0.25, -0.2) is 9.18 Å². The van der Waals surface area contributed by atoms with Crippen LogP contribution in [0.4, 0.5) is 13.6 Å². The molecule has 2 aliphatic rings. The lowest BCUT2D eigenvalue weighted by atomic mass is 9.84. The maximum absolute atomic E-state index is 14.4. The number of piperidine rings is 1. The van der Waals surface area contributed by atoms with E-state index in [4.69, 9.17) is 9.47 Å².